The molecule has 0 heterocycles. The van der Waals surface area contributed by atoms with Crippen molar-refractivity contribution in [3.8, 4) is 5.75 Å². The molecule has 0 saturated carbocycles. The summed E-state index contributed by atoms with van der Waals surface area (Å²) < 4.78 is 10.2. The summed E-state index contributed by atoms with van der Waals surface area (Å²) >= 11 is 0. The molecule has 1 aromatic rings. The van der Waals surface area contributed by atoms with E-state index in [4.69, 9.17) is 9.47 Å². The van der Waals surface area contributed by atoms with Crippen LogP contribution in [0, 0.1) is 0 Å². The topological polar surface area (TPSA) is 47.6 Å². The van der Waals surface area contributed by atoms with Crippen LogP contribution in [-0.4, -0.2) is 18.3 Å². The third kappa shape index (κ3) is 5.57. The smallest absolute Gasteiger partial charge is 0.428 e. The van der Waals surface area contributed by atoms with Crippen LogP contribution in [0.2, 0.25) is 0 Å². The normalized spacial score (nSPS) is 10.9. The molecular weight excluding hydrogens is 230 g/mol. The lowest BCUT2D eigenvalue weighted by Crippen LogP contribution is -2.25. The number of carbonyl (C=O) groups excluding carboxylic acids is 1. The van der Waals surface area contributed by atoms with Crippen LogP contribution in [-0.2, 0) is 4.74 Å². The van der Waals surface area contributed by atoms with Gasteiger partial charge < -0.3 is 14.8 Å². The highest BCUT2D eigenvalue weighted by atomic mass is 16.7. The minimum Gasteiger partial charge on any atom is -0.428 e. The van der Waals surface area contributed by atoms with Crippen LogP contribution in [0.25, 0.3) is 0 Å². The van der Waals surface area contributed by atoms with Crippen molar-refractivity contribution in [1.82, 2.24) is 0 Å². The van der Waals surface area contributed by atoms with E-state index in [1.165, 1.54) is 0 Å². The molecule has 0 unspecified atom stereocenters. The zero-order valence-corrected chi connectivity index (χ0v) is 11.4. The molecule has 0 amide bonds. The molecule has 0 saturated heterocycles. The molecule has 1 N–H and O–H groups in total. The third-order valence-electron chi connectivity index (χ3n) is 2.00. The summed E-state index contributed by atoms with van der Waals surface area (Å²) in [6, 6.07) is 7.26. The molecule has 0 spiro atoms. The average molecular weight is 251 g/mol. The summed E-state index contributed by atoms with van der Waals surface area (Å²) in [7, 11) is 0. The second-order valence-corrected chi connectivity index (χ2v) is 5.02. The first kappa shape index (κ1) is 14.4. The van der Waals surface area contributed by atoms with Gasteiger partial charge in [0.25, 0.3) is 0 Å². The first-order valence-corrected chi connectivity index (χ1v) is 6.15. The van der Waals surface area contributed by atoms with Gasteiger partial charge in [-0.25, -0.2) is 4.79 Å². The fourth-order valence-corrected chi connectivity index (χ4v) is 1.31. The van der Waals surface area contributed by atoms with Gasteiger partial charge in [-0.2, -0.15) is 0 Å². The lowest BCUT2D eigenvalue weighted by molar-refractivity contribution is 0.0206. The van der Waals surface area contributed by atoms with Crippen molar-refractivity contribution in [3.63, 3.8) is 0 Å². The summed E-state index contributed by atoms with van der Waals surface area (Å²) in [6.45, 7) is 8.37. The fraction of sp³-hybridized carbons (Fsp3) is 0.500. The number of anilines is 1. The van der Waals surface area contributed by atoms with Crippen LogP contribution >= 0.6 is 0 Å². The van der Waals surface area contributed by atoms with Crippen molar-refractivity contribution in [2.75, 3.05) is 11.9 Å². The predicted octanol–water partition coefficient (Wildman–Crippen LogP) is 3.82. The Morgan fingerprint density at radius 2 is 2.06 bits per heavy atom. The second kappa shape index (κ2) is 6.28. The van der Waals surface area contributed by atoms with Crippen LogP contribution in [0.15, 0.2) is 24.3 Å². The summed E-state index contributed by atoms with van der Waals surface area (Å²) in [5.41, 5.74) is 0.382. The number of hydrogen-bond acceptors (Lipinski definition) is 4. The van der Waals surface area contributed by atoms with Gasteiger partial charge in [0.2, 0.25) is 0 Å². The van der Waals surface area contributed by atoms with Gasteiger partial charge in [0.1, 0.15) is 11.4 Å². The van der Waals surface area contributed by atoms with Crippen molar-refractivity contribution in [2.24, 2.45) is 0 Å². The Balaban J connectivity index is 2.59. The number of benzene rings is 1. The summed E-state index contributed by atoms with van der Waals surface area (Å²) in [6.07, 6.45) is 0.354. The maximum Gasteiger partial charge on any atom is 0.514 e. The number of rotatable bonds is 4. The first-order chi connectivity index (χ1) is 8.40. The van der Waals surface area contributed by atoms with Gasteiger partial charge in [0.15, 0.2) is 0 Å². The van der Waals surface area contributed by atoms with Gasteiger partial charge in [-0.3, -0.25) is 0 Å². The van der Waals surface area contributed by atoms with Crippen LogP contribution in [0.1, 0.15) is 34.1 Å². The summed E-state index contributed by atoms with van der Waals surface area (Å²) in [5.74, 6) is 0.477. The monoisotopic (exact) mass is 251 g/mol. The van der Waals surface area contributed by atoms with Crippen LogP contribution in [0.4, 0.5) is 10.5 Å². The molecule has 0 aliphatic heterocycles. The van der Waals surface area contributed by atoms with E-state index >= 15 is 0 Å². The predicted molar refractivity (Wildman–Crippen MR) is 72.1 cm³/mol. The molecule has 1 aromatic carbocycles. The van der Waals surface area contributed by atoms with E-state index in [1.54, 1.807) is 32.9 Å². The Hall–Kier alpha value is -1.71. The molecule has 0 atom stereocenters. The molecule has 0 fully saturated rings. The molecule has 0 aliphatic rings. The van der Waals surface area contributed by atoms with E-state index in [2.05, 4.69) is 12.2 Å². The number of ether oxygens (including phenoxy) is 2. The highest BCUT2D eigenvalue weighted by Crippen LogP contribution is 2.19. The van der Waals surface area contributed by atoms with E-state index < -0.39 is 11.8 Å². The van der Waals surface area contributed by atoms with Crippen LogP contribution < -0.4 is 10.1 Å². The molecule has 18 heavy (non-hydrogen) atoms. The van der Waals surface area contributed by atoms with Gasteiger partial charge in [-0.15, -0.1) is 0 Å². The lowest BCUT2D eigenvalue weighted by atomic mass is 10.2. The Labute approximate surface area is 108 Å². The van der Waals surface area contributed by atoms with Crippen molar-refractivity contribution < 1.29 is 14.3 Å². The molecule has 4 heteroatoms. The molecule has 4 nitrogen and oxygen atoms in total. The molecule has 100 valence electrons. The largest absolute Gasteiger partial charge is 0.514 e. The van der Waals surface area contributed by atoms with Gasteiger partial charge >= 0.3 is 6.16 Å². The Bertz CT molecular complexity index is 396. The molecule has 0 bridgehead atoms. The minimum atomic E-state index is -0.685. The fourth-order valence-electron chi connectivity index (χ4n) is 1.31. The lowest BCUT2D eigenvalue weighted by Gasteiger charge is -2.18. The zero-order chi connectivity index (χ0) is 13.6. The quantitative estimate of drug-likeness (QED) is 0.652. The summed E-state index contributed by atoms with van der Waals surface area (Å²) in [5, 5.41) is 3.22. The van der Waals surface area contributed by atoms with Gasteiger partial charge in [-0.05, 0) is 39.3 Å². The molecule has 1 rings (SSSR count). The highest BCUT2D eigenvalue weighted by molar-refractivity contribution is 5.65. The van der Waals surface area contributed by atoms with E-state index in [9.17, 15) is 4.79 Å². The number of hydrogen-bond donors (Lipinski definition) is 1. The van der Waals surface area contributed by atoms with Crippen LogP contribution in [0.3, 0.4) is 0 Å². The Morgan fingerprint density at radius 3 is 2.67 bits per heavy atom. The third-order valence-corrected chi connectivity index (χ3v) is 2.00. The second-order valence-electron chi connectivity index (χ2n) is 5.02. The first-order valence-electron chi connectivity index (χ1n) is 6.15. The minimum absolute atomic E-state index is 0.477. The van der Waals surface area contributed by atoms with Crippen LogP contribution in [0.5, 0.6) is 5.75 Å². The number of nitrogens with one attached hydrogen (secondary N) is 1. The Morgan fingerprint density at radius 1 is 1.33 bits per heavy atom. The van der Waals surface area contributed by atoms with Crippen molar-refractivity contribution in [3.05, 3.63) is 24.3 Å². The highest BCUT2D eigenvalue weighted by Gasteiger charge is 2.17. The Kier molecular flexibility index (Phi) is 5.01. The zero-order valence-electron chi connectivity index (χ0n) is 11.4. The van der Waals surface area contributed by atoms with Crippen molar-refractivity contribution in [1.29, 1.82) is 0 Å². The van der Waals surface area contributed by atoms with Gasteiger partial charge in [0, 0.05) is 18.3 Å². The standard InChI is InChI=1S/C14H21NO3/c1-5-9-15-11-7-6-8-12(10-11)17-13(16)18-14(2,3)4/h6-8,10,15H,5,9H2,1-4H3. The molecule has 0 aromatic heterocycles. The van der Waals surface area contributed by atoms with E-state index in [1.807, 2.05) is 12.1 Å². The SMILES string of the molecule is CCCNc1cccc(OC(=O)OC(C)(C)C)c1. The molecule has 0 aliphatic carbocycles. The summed E-state index contributed by atoms with van der Waals surface area (Å²) in [4.78, 5) is 11.5. The van der Waals surface area contributed by atoms with E-state index in [-0.39, 0.29) is 0 Å². The van der Waals surface area contributed by atoms with E-state index in [0.717, 1.165) is 18.7 Å². The molecular formula is C14H21NO3. The average Bonchev–Trinajstić information content (AvgIpc) is 2.24. The van der Waals surface area contributed by atoms with Gasteiger partial charge in [0.05, 0.1) is 0 Å². The maximum absolute atomic E-state index is 11.5. The molecule has 0 radical (unpaired) electrons. The van der Waals surface area contributed by atoms with Gasteiger partial charge in [-0.1, -0.05) is 13.0 Å². The van der Waals surface area contributed by atoms with Crippen molar-refractivity contribution in [2.45, 2.75) is 39.7 Å². The number of carbonyl (C=O) groups is 1. The maximum atomic E-state index is 11.5. The van der Waals surface area contributed by atoms with E-state index in [0.29, 0.717) is 5.75 Å². The van der Waals surface area contributed by atoms with Crippen molar-refractivity contribution >= 4 is 11.8 Å².